The summed E-state index contributed by atoms with van der Waals surface area (Å²) in [6.07, 6.45) is 2.85. The van der Waals surface area contributed by atoms with Crippen molar-refractivity contribution in [2.75, 3.05) is 20.0 Å². The second-order valence-electron chi connectivity index (χ2n) is 7.24. The molecule has 0 saturated heterocycles. The van der Waals surface area contributed by atoms with Crippen LogP contribution in [0.1, 0.15) is 20.8 Å². The summed E-state index contributed by atoms with van der Waals surface area (Å²) in [6.45, 7) is 4.81. The highest BCUT2D eigenvalue weighted by molar-refractivity contribution is 7.92. The van der Waals surface area contributed by atoms with Gasteiger partial charge in [-0.1, -0.05) is 0 Å². The maximum Gasteiger partial charge on any atom is 0.188 e. The molecule has 2 aromatic heterocycles. The molecule has 0 fully saturated rings. The molecule has 3 rings (SSSR count). The van der Waals surface area contributed by atoms with Gasteiger partial charge in [-0.15, -0.1) is 0 Å². The molecule has 0 bridgehead atoms. The molecule has 0 spiro atoms. The minimum absolute atomic E-state index is 0.00357. The molecule has 0 amide bonds. The Balaban J connectivity index is 2.32. The number of methoxy groups -OCH3 is 2. The minimum Gasteiger partial charge on any atom is -0.495 e. The van der Waals surface area contributed by atoms with E-state index in [1.165, 1.54) is 43.1 Å². The van der Waals surface area contributed by atoms with Crippen LogP contribution in [0.2, 0.25) is 0 Å². The van der Waals surface area contributed by atoms with E-state index < -0.39 is 20.4 Å². The lowest BCUT2D eigenvalue weighted by molar-refractivity contribution is 0.401. The number of pyridine rings is 1. The van der Waals surface area contributed by atoms with Crippen LogP contribution in [-0.4, -0.2) is 36.8 Å². The molecule has 1 aromatic carbocycles. The van der Waals surface area contributed by atoms with Gasteiger partial charge in [0.2, 0.25) is 0 Å². The molecular weight excluding hydrogens is 385 g/mol. The summed E-state index contributed by atoms with van der Waals surface area (Å²) >= 11 is 0. The van der Waals surface area contributed by atoms with Gasteiger partial charge in [-0.2, -0.15) is 0 Å². The van der Waals surface area contributed by atoms with Gasteiger partial charge in [0.05, 0.1) is 30.9 Å². The summed E-state index contributed by atoms with van der Waals surface area (Å²) < 4.78 is 51.6. The summed E-state index contributed by atoms with van der Waals surface area (Å²) in [5.74, 6) is -0.278. The standard InChI is InChI=1S/C19H22FN3O4S/c1-19(2,3)28(24,25)15-10-23-12(9-22-16(23)8-14(15)27-5)11-6-7-13(26-4)18(21)17(11)20/h6-10H,21H2,1-5H3. The van der Waals surface area contributed by atoms with Crippen molar-refractivity contribution in [3.63, 3.8) is 0 Å². The van der Waals surface area contributed by atoms with Crippen LogP contribution in [0, 0.1) is 5.82 Å². The average Bonchev–Trinajstić information content (AvgIpc) is 3.04. The minimum atomic E-state index is -3.73. The van der Waals surface area contributed by atoms with E-state index in [2.05, 4.69) is 4.98 Å². The molecule has 150 valence electrons. The first-order valence-corrected chi connectivity index (χ1v) is 9.93. The first-order valence-electron chi connectivity index (χ1n) is 8.45. The van der Waals surface area contributed by atoms with E-state index in [1.54, 1.807) is 26.8 Å². The van der Waals surface area contributed by atoms with Crippen LogP contribution in [0.3, 0.4) is 0 Å². The van der Waals surface area contributed by atoms with Crippen molar-refractivity contribution in [1.29, 1.82) is 0 Å². The molecule has 28 heavy (non-hydrogen) atoms. The smallest absolute Gasteiger partial charge is 0.188 e. The number of sulfone groups is 1. The fourth-order valence-corrected chi connectivity index (χ4v) is 4.14. The number of nitrogen functional groups attached to an aromatic ring is 1. The van der Waals surface area contributed by atoms with Gasteiger partial charge in [0, 0.05) is 17.8 Å². The van der Waals surface area contributed by atoms with Gasteiger partial charge >= 0.3 is 0 Å². The molecule has 0 aliphatic heterocycles. The highest BCUT2D eigenvalue weighted by Crippen LogP contribution is 2.36. The summed E-state index contributed by atoms with van der Waals surface area (Å²) in [4.78, 5) is 4.25. The molecule has 3 aromatic rings. The van der Waals surface area contributed by atoms with Crippen molar-refractivity contribution in [2.45, 2.75) is 30.4 Å². The lowest BCUT2D eigenvalue weighted by Crippen LogP contribution is -2.28. The van der Waals surface area contributed by atoms with Crippen molar-refractivity contribution in [3.8, 4) is 22.8 Å². The average molecular weight is 407 g/mol. The molecule has 9 heteroatoms. The zero-order valence-corrected chi connectivity index (χ0v) is 17.1. The van der Waals surface area contributed by atoms with Crippen molar-refractivity contribution in [3.05, 3.63) is 36.4 Å². The number of imidazole rings is 1. The van der Waals surface area contributed by atoms with Crippen LogP contribution in [0.15, 0.2) is 35.5 Å². The van der Waals surface area contributed by atoms with Gasteiger partial charge in [0.25, 0.3) is 0 Å². The van der Waals surface area contributed by atoms with E-state index in [-0.39, 0.29) is 27.6 Å². The molecule has 2 heterocycles. The first-order chi connectivity index (χ1) is 13.0. The molecule has 0 atom stereocenters. The van der Waals surface area contributed by atoms with Gasteiger partial charge in [-0.3, -0.25) is 4.40 Å². The number of hydrogen-bond donors (Lipinski definition) is 1. The fourth-order valence-electron chi connectivity index (χ4n) is 2.83. The second-order valence-corrected chi connectivity index (χ2v) is 9.91. The van der Waals surface area contributed by atoms with Crippen LogP contribution in [-0.2, 0) is 9.84 Å². The van der Waals surface area contributed by atoms with E-state index in [4.69, 9.17) is 15.2 Å². The number of benzene rings is 1. The molecule has 0 unspecified atom stereocenters. The summed E-state index contributed by atoms with van der Waals surface area (Å²) in [7, 11) is -0.941. The predicted molar refractivity (Wildman–Crippen MR) is 105 cm³/mol. The molecule has 0 aliphatic rings. The summed E-state index contributed by atoms with van der Waals surface area (Å²) in [6, 6.07) is 4.56. The number of rotatable bonds is 4. The fraction of sp³-hybridized carbons (Fsp3) is 0.316. The number of hydrogen-bond acceptors (Lipinski definition) is 6. The van der Waals surface area contributed by atoms with Gasteiger partial charge in [0.1, 0.15) is 27.7 Å². The Morgan fingerprint density at radius 1 is 1.14 bits per heavy atom. The second kappa shape index (κ2) is 6.66. The van der Waals surface area contributed by atoms with Crippen molar-refractivity contribution < 1.29 is 22.3 Å². The zero-order valence-electron chi connectivity index (χ0n) is 16.3. The number of ether oxygens (including phenoxy) is 2. The highest BCUT2D eigenvalue weighted by Gasteiger charge is 2.34. The Kier molecular flexibility index (Phi) is 4.74. The Bertz CT molecular complexity index is 1160. The number of anilines is 1. The van der Waals surface area contributed by atoms with Crippen molar-refractivity contribution in [2.24, 2.45) is 0 Å². The summed E-state index contributed by atoms with van der Waals surface area (Å²) in [5.41, 5.74) is 6.61. The van der Waals surface area contributed by atoms with Gasteiger partial charge < -0.3 is 15.2 Å². The normalized spacial score (nSPS) is 12.4. The number of aromatic nitrogens is 2. The van der Waals surface area contributed by atoms with E-state index in [0.29, 0.717) is 11.3 Å². The Labute approximate surface area is 162 Å². The number of fused-ring (bicyclic) bond motifs is 1. The van der Waals surface area contributed by atoms with Crippen LogP contribution in [0.4, 0.5) is 10.1 Å². The third-order valence-electron chi connectivity index (χ3n) is 4.53. The quantitative estimate of drug-likeness (QED) is 0.667. The van der Waals surface area contributed by atoms with Crippen LogP contribution in [0.25, 0.3) is 16.9 Å². The van der Waals surface area contributed by atoms with E-state index in [1.807, 2.05) is 0 Å². The molecular formula is C19H22FN3O4S. The lowest BCUT2D eigenvalue weighted by Gasteiger charge is -2.21. The largest absolute Gasteiger partial charge is 0.495 e. The van der Waals surface area contributed by atoms with Gasteiger partial charge in [-0.25, -0.2) is 17.8 Å². The molecule has 0 aliphatic carbocycles. The third kappa shape index (κ3) is 2.95. The van der Waals surface area contributed by atoms with Crippen LogP contribution < -0.4 is 15.2 Å². The number of nitrogens with zero attached hydrogens (tertiary/aromatic N) is 2. The highest BCUT2D eigenvalue weighted by atomic mass is 32.2. The first kappa shape index (κ1) is 19.9. The third-order valence-corrected chi connectivity index (χ3v) is 7.02. The Hall–Kier alpha value is -2.81. The molecule has 2 N–H and O–H groups in total. The Morgan fingerprint density at radius 2 is 1.79 bits per heavy atom. The van der Waals surface area contributed by atoms with E-state index in [0.717, 1.165) is 0 Å². The number of halogens is 1. The zero-order chi connectivity index (χ0) is 20.9. The maximum absolute atomic E-state index is 14.8. The van der Waals surface area contributed by atoms with Crippen molar-refractivity contribution in [1.82, 2.24) is 9.38 Å². The van der Waals surface area contributed by atoms with E-state index in [9.17, 15) is 12.8 Å². The van der Waals surface area contributed by atoms with E-state index >= 15 is 0 Å². The van der Waals surface area contributed by atoms with Gasteiger partial charge in [-0.05, 0) is 32.9 Å². The SMILES string of the molecule is COc1cc2ncc(-c3ccc(OC)c(N)c3F)n2cc1S(=O)(=O)C(C)(C)C. The molecule has 7 nitrogen and oxygen atoms in total. The summed E-state index contributed by atoms with van der Waals surface area (Å²) in [5, 5.41) is 0. The van der Waals surface area contributed by atoms with Crippen LogP contribution >= 0.6 is 0 Å². The molecule has 0 saturated carbocycles. The maximum atomic E-state index is 14.8. The van der Waals surface area contributed by atoms with Crippen molar-refractivity contribution >= 4 is 21.2 Å². The predicted octanol–water partition coefficient (Wildman–Crippen LogP) is 3.31. The number of nitrogens with two attached hydrogens (primary N) is 1. The molecule has 0 radical (unpaired) electrons. The monoisotopic (exact) mass is 407 g/mol. The topological polar surface area (TPSA) is 95.9 Å². The van der Waals surface area contributed by atoms with Gasteiger partial charge in [0.15, 0.2) is 15.7 Å². The Morgan fingerprint density at radius 3 is 2.36 bits per heavy atom. The van der Waals surface area contributed by atoms with Crippen LogP contribution in [0.5, 0.6) is 11.5 Å². The lowest BCUT2D eigenvalue weighted by atomic mass is 10.1.